The summed E-state index contributed by atoms with van der Waals surface area (Å²) in [6.45, 7) is 2.07. The maximum Gasteiger partial charge on any atom is 0.243 e. The fourth-order valence-electron chi connectivity index (χ4n) is 1.58. The van der Waals surface area contributed by atoms with Crippen molar-refractivity contribution < 1.29 is 17.2 Å². The molecule has 0 heterocycles. The molecule has 0 spiro atoms. The van der Waals surface area contributed by atoms with E-state index in [4.69, 9.17) is 0 Å². The third-order valence-electron chi connectivity index (χ3n) is 2.62. The summed E-state index contributed by atoms with van der Waals surface area (Å²) < 4.78 is 53.5. The summed E-state index contributed by atoms with van der Waals surface area (Å²) in [6, 6.07) is 1.91. The summed E-state index contributed by atoms with van der Waals surface area (Å²) in [5.41, 5.74) is -0.277. The number of unbranched alkanes of at least 4 members (excludes halogenated alkanes) is 1. The molecule has 2 N–H and O–H groups in total. The highest BCUT2D eigenvalue weighted by molar-refractivity contribution is 7.89. The number of benzene rings is 1. The van der Waals surface area contributed by atoms with Crippen LogP contribution in [0.3, 0.4) is 0 Å². The topological polar surface area (TPSA) is 58.2 Å². The van der Waals surface area contributed by atoms with Crippen LogP contribution in [-0.2, 0) is 16.6 Å². The van der Waals surface area contributed by atoms with Crippen molar-refractivity contribution in [2.45, 2.75) is 31.2 Å². The molecule has 4 nitrogen and oxygen atoms in total. The van der Waals surface area contributed by atoms with Gasteiger partial charge in [-0.2, -0.15) is 0 Å². The lowest BCUT2D eigenvalue weighted by Crippen LogP contribution is -2.26. The zero-order valence-electron chi connectivity index (χ0n) is 11.0. The first kappa shape index (κ1) is 16.0. The van der Waals surface area contributed by atoms with Gasteiger partial charge in [0.15, 0.2) is 5.82 Å². The fraction of sp³-hybridized carbons (Fsp3) is 0.500. The predicted octanol–water partition coefficient (Wildman–Crippen LogP) is 1.76. The van der Waals surface area contributed by atoms with E-state index in [1.54, 1.807) is 0 Å². The Kier molecular flexibility index (Phi) is 5.84. The van der Waals surface area contributed by atoms with Crippen molar-refractivity contribution in [3.05, 3.63) is 29.3 Å². The van der Waals surface area contributed by atoms with Gasteiger partial charge < -0.3 is 5.32 Å². The van der Waals surface area contributed by atoms with Crippen LogP contribution in [0.2, 0.25) is 0 Å². The van der Waals surface area contributed by atoms with E-state index in [-0.39, 0.29) is 18.7 Å². The van der Waals surface area contributed by atoms with Gasteiger partial charge >= 0.3 is 0 Å². The maximum atomic E-state index is 14.0. The molecule has 0 aliphatic heterocycles. The Morgan fingerprint density at radius 2 is 1.95 bits per heavy atom. The molecule has 7 heteroatoms. The van der Waals surface area contributed by atoms with Crippen molar-refractivity contribution >= 4 is 10.0 Å². The average Bonchev–Trinajstić information content (AvgIpc) is 2.34. The Morgan fingerprint density at radius 3 is 2.53 bits per heavy atom. The molecule has 0 saturated heterocycles. The number of sulfonamides is 1. The first-order chi connectivity index (χ1) is 8.94. The standard InChI is InChI=1S/C12H18F2N2O2S/c1-3-4-7-16-19(17,18)11-6-5-10(13)9(8-15-2)12(11)14/h5-6,15-16H,3-4,7-8H2,1-2H3. The number of halogens is 2. The number of hydrogen-bond donors (Lipinski definition) is 2. The van der Waals surface area contributed by atoms with Crippen molar-refractivity contribution in [1.82, 2.24) is 10.0 Å². The van der Waals surface area contributed by atoms with E-state index < -0.39 is 26.6 Å². The van der Waals surface area contributed by atoms with E-state index in [0.717, 1.165) is 18.6 Å². The van der Waals surface area contributed by atoms with Crippen LogP contribution in [0.25, 0.3) is 0 Å². The molecule has 1 aromatic rings. The van der Waals surface area contributed by atoms with Gasteiger partial charge in [0.05, 0.1) is 0 Å². The molecule has 0 atom stereocenters. The van der Waals surface area contributed by atoms with Crippen molar-refractivity contribution in [2.75, 3.05) is 13.6 Å². The van der Waals surface area contributed by atoms with Crippen LogP contribution in [0.5, 0.6) is 0 Å². The molecule has 0 radical (unpaired) electrons. The van der Waals surface area contributed by atoms with E-state index >= 15 is 0 Å². The third-order valence-corrected chi connectivity index (χ3v) is 4.09. The van der Waals surface area contributed by atoms with Gasteiger partial charge in [-0.25, -0.2) is 21.9 Å². The Hall–Kier alpha value is -1.05. The molecule has 0 bridgehead atoms. The van der Waals surface area contributed by atoms with Gasteiger partial charge in [-0.3, -0.25) is 0 Å². The summed E-state index contributed by atoms with van der Waals surface area (Å²) in [6.07, 6.45) is 1.48. The second-order valence-corrected chi connectivity index (χ2v) is 5.86. The van der Waals surface area contributed by atoms with Gasteiger partial charge in [0.25, 0.3) is 0 Å². The molecule has 0 aliphatic rings. The minimum absolute atomic E-state index is 0.0734. The first-order valence-electron chi connectivity index (χ1n) is 6.05. The molecule has 1 aromatic carbocycles. The second kappa shape index (κ2) is 6.93. The van der Waals surface area contributed by atoms with Crippen LogP contribution in [0.4, 0.5) is 8.78 Å². The highest BCUT2D eigenvalue weighted by Gasteiger charge is 2.22. The Bertz CT molecular complexity index is 533. The van der Waals surface area contributed by atoms with Crippen molar-refractivity contribution in [3.63, 3.8) is 0 Å². The lowest BCUT2D eigenvalue weighted by atomic mass is 10.2. The quantitative estimate of drug-likeness (QED) is 0.753. The van der Waals surface area contributed by atoms with Gasteiger partial charge in [0.2, 0.25) is 10.0 Å². The van der Waals surface area contributed by atoms with Crippen molar-refractivity contribution in [3.8, 4) is 0 Å². The first-order valence-corrected chi connectivity index (χ1v) is 7.53. The highest BCUT2D eigenvalue weighted by Crippen LogP contribution is 2.20. The van der Waals surface area contributed by atoms with Gasteiger partial charge in [-0.15, -0.1) is 0 Å². The van der Waals surface area contributed by atoms with Gasteiger partial charge in [0.1, 0.15) is 10.7 Å². The van der Waals surface area contributed by atoms with Gasteiger partial charge in [-0.1, -0.05) is 13.3 Å². The van der Waals surface area contributed by atoms with E-state index in [0.29, 0.717) is 6.42 Å². The van der Waals surface area contributed by atoms with Crippen molar-refractivity contribution in [2.24, 2.45) is 0 Å². The summed E-state index contributed by atoms with van der Waals surface area (Å²) in [4.78, 5) is -0.518. The lowest BCUT2D eigenvalue weighted by molar-refractivity contribution is 0.517. The number of rotatable bonds is 7. The summed E-state index contributed by atoms with van der Waals surface area (Å²) >= 11 is 0. The molecule has 0 aromatic heterocycles. The number of nitrogens with one attached hydrogen (secondary N) is 2. The van der Waals surface area contributed by atoms with Crippen molar-refractivity contribution in [1.29, 1.82) is 0 Å². The van der Waals surface area contributed by atoms with E-state index in [2.05, 4.69) is 10.0 Å². The second-order valence-electron chi connectivity index (χ2n) is 4.12. The smallest absolute Gasteiger partial charge is 0.243 e. The highest BCUT2D eigenvalue weighted by atomic mass is 32.2. The molecule has 0 aliphatic carbocycles. The molecule has 19 heavy (non-hydrogen) atoms. The third kappa shape index (κ3) is 3.95. The largest absolute Gasteiger partial charge is 0.315 e. The Labute approximate surface area is 112 Å². The molecule has 0 unspecified atom stereocenters. The fourth-order valence-corrected chi connectivity index (χ4v) is 2.76. The number of hydrogen-bond acceptors (Lipinski definition) is 3. The van der Waals surface area contributed by atoms with E-state index in [9.17, 15) is 17.2 Å². The summed E-state index contributed by atoms with van der Waals surface area (Å²) in [5.74, 6) is -1.81. The Morgan fingerprint density at radius 1 is 1.26 bits per heavy atom. The molecular formula is C12H18F2N2O2S. The molecule has 108 valence electrons. The predicted molar refractivity (Wildman–Crippen MR) is 69.2 cm³/mol. The van der Waals surface area contributed by atoms with Gasteiger partial charge in [-0.05, 0) is 25.6 Å². The lowest BCUT2D eigenvalue weighted by Gasteiger charge is -2.11. The molecule has 0 fully saturated rings. The van der Waals surface area contributed by atoms with E-state index in [1.165, 1.54) is 7.05 Å². The zero-order valence-corrected chi connectivity index (χ0v) is 11.8. The minimum Gasteiger partial charge on any atom is -0.315 e. The average molecular weight is 292 g/mol. The zero-order chi connectivity index (χ0) is 14.5. The van der Waals surface area contributed by atoms with E-state index in [1.807, 2.05) is 6.92 Å². The molecule has 0 amide bonds. The summed E-state index contributed by atoms with van der Waals surface area (Å²) in [5, 5.41) is 2.60. The minimum atomic E-state index is -3.94. The molecule has 0 saturated carbocycles. The van der Waals surface area contributed by atoms with Crippen LogP contribution < -0.4 is 10.0 Å². The van der Waals surface area contributed by atoms with Crippen LogP contribution in [0.15, 0.2) is 17.0 Å². The Balaban J connectivity index is 3.10. The SMILES string of the molecule is CCCCNS(=O)(=O)c1ccc(F)c(CNC)c1F. The van der Waals surface area contributed by atoms with Crippen LogP contribution in [-0.4, -0.2) is 22.0 Å². The van der Waals surface area contributed by atoms with Crippen LogP contribution in [0.1, 0.15) is 25.3 Å². The van der Waals surface area contributed by atoms with Crippen LogP contribution >= 0.6 is 0 Å². The normalized spacial score (nSPS) is 11.8. The monoisotopic (exact) mass is 292 g/mol. The molecule has 1 rings (SSSR count). The van der Waals surface area contributed by atoms with Crippen LogP contribution in [0, 0.1) is 11.6 Å². The molecular weight excluding hydrogens is 274 g/mol. The summed E-state index contributed by atoms with van der Waals surface area (Å²) in [7, 11) is -2.41. The van der Waals surface area contributed by atoms with Gasteiger partial charge in [0, 0.05) is 18.7 Å². The maximum absolute atomic E-state index is 14.0.